The van der Waals surface area contributed by atoms with Gasteiger partial charge in [-0.25, -0.2) is 14.2 Å². The van der Waals surface area contributed by atoms with Crippen LogP contribution in [-0.4, -0.2) is 23.4 Å². The molecule has 0 fully saturated rings. The van der Waals surface area contributed by atoms with Crippen LogP contribution in [0.1, 0.15) is 35.2 Å². The molecule has 1 aliphatic rings. The molecular weight excluding hydrogens is 608 g/mol. The Hall–Kier alpha value is -4.73. The molecule has 0 bridgehead atoms. The highest BCUT2D eigenvalue weighted by atomic mass is 32.2. The van der Waals surface area contributed by atoms with Gasteiger partial charge in [0.05, 0.1) is 28.5 Å². The van der Waals surface area contributed by atoms with Crippen LogP contribution in [0.15, 0.2) is 123 Å². The average Bonchev–Trinajstić information content (AvgIpc) is 3.38. The number of fused-ring (bicyclic) bond motifs is 1. The van der Waals surface area contributed by atoms with E-state index in [0.29, 0.717) is 31.9 Å². The fraction of sp³-hybridized carbons (Fsp3) is 0.139. The van der Waals surface area contributed by atoms with Gasteiger partial charge < -0.3 is 9.47 Å². The third kappa shape index (κ3) is 6.41. The van der Waals surface area contributed by atoms with Crippen LogP contribution in [0.4, 0.5) is 4.39 Å². The van der Waals surface area contributed by atoms with Crippen molar-refractivity contribution in [3.05, 3.63) is 156 Å². The second-order valence-electron chi connectivity index (χ2n) is 10.2. The summed E-state index contributed by atoms with van der Waals surface area (Å²) in [4.78, 5) is 34.2. The summed E-state index contributed by atoms with van der Waals surface area (Å²) in [6.45, 7) is 2.02. The minimum Gasteiger partial charge on any atom is -0.489 e. The standard InChI is InChI=1S/C36H29FN2O4S2/c1-3-42-35(41)31-32(24-11-5-4-6-12-24)38-36-39(33(31)25-16-18-28(44-2)19-17-25)34(40)30(45-36)21-23-10-9-14-27(20-23)43-22-26-13-7-8-15-29(26)37/h4-21,33H,3,22H2,1-2H3/b30-21-/t33-/m1/s1. The van der Waals surface area contributed by atoms with E-state index in [0.717, 1.165) is 21.6 Å². The number of hydrogen-bond donors (Lipinski definition) is 0. The molecule has 0 N–H and O–H groups in total. The number of nitrogens with zero attached hydrogens (tertiary/aromatic N) is 2. The van der Waals surface area contributed by atoms with Crippen LogP contribution in [0.3, 0.4) is 0 Å². The number of esters is 1. The van der Waals surface area contributed by atoms with E-state index >= 15 is 0 Å². The first kappa shape index (κ1) is 30.3. The van der Waals surface area contributed by atoms with Gasteiger partial charge in [0.25, 0.3) is 5.56 Å². The molecular formula is C36H29FN2O4S2. The van der Waals surface area contributed by atoms with Crippen LogP contribution in [0.25, 0.3) is 11.8 Å². The zero-order valence-electron chi connectivity index (χ0n) is 24.6. The lowest BCUT2D eigenvalue weighted by molar-refractivity contribution is -0.138. The van der Waals surface area contributed by atoms with Gasteiger partial charge in [-0.05, 0) is 60.7 Å². The summed E-state index contributed by atoms with van der Waals surface area (Å²) in [6.07, 6.45) is 3.78. The Morgan fingerprint density at radius 2 is 1.76 bits per heavy atom. The van der Waals surface area contributed by atoms with Crippen molar-refractivity contribution in [2.45, 2.75) is 24.5 Å². The highest BCUT2D eigenvalue weighted by Crippen LogP contribution is 2.35. The maximum Gasteiger partial charge on any atom is 0.338 e. The Balaban J connectivity index is 1.48. The number of halogens is 1. The van der Waals surface area contributed by atoms with Crippen molar-refractivity contribution >= 4 is 40.8 Å². The van der Waals surface area contributed by atoms with Gasteiger partial charge in [-0.3, -0.25) is 9.36 Å². The minimum atomic E-state index is -0.746. The van der Waals surface area contributed by atoms with Gasteiger partial charge in [-0.2, -0.15) is 0 Å². The van der Waals surface area contributed by atoms with E-state index in [1.807, 2.05) is 73.0 Å². The van der Waals surface area contributed by atoms with Crippen LogP contribution >= 0.6 is 23.1 Å². The van der Waals surface area contributed by atoms with Crippen molar-refractivity contribution < 1.29 is 18.7 Å². The molecule has 4 aromatic carbocycles. The first-order chi connectivity index (χ1) is 22.0. The van der Waals surface area contributed by atoms with Crippen molar-refractivity contribution in [2.24, 2.45) is 4.99 Å². The summed E-state index contributed by atoms with van der Waals surface area (Å²) in [5, 5.41) is 0. The molecule has 6 nitrogen and oxygen atoms in total. The topological polar surface area (TPSA) is 69.9 Å². The first-order valence-electron chi connectivity index (χ1n) is 14.4. The molecule has 0 amide bonds. The van der Waals surface area contributed by atoms with Crippen LogP contribution in [-0.2, 0) is 16.1 Å². The van der Waals surface area contributed by atoms with Crippen molar-refractivity contribution in [2.75, 3.05) is 12.9 Å². The van der Waals surface area contributed by atoms with Crippen LogP contribution in [0.2, 0.25) is 0 Å². The molecule has 226 valence electrons. The van der Waals surface area contributed by atoms with Gasteiger partial charge in [0.2, 0.25) is 0 Å². The third-order valence-electron chi connectivity index (χ3n) is 7.31. The van der Waals surface area contributed by atoms with Crippen molar-refractivity contribution in [1.82, 2.24) is 4.57 Å². The molecule has 2 heterocycles. The van der Waals surface area contributed by atoms with E-state index in [9.17, 15) is 14.0 Å². The number of aromatic nitrogens is 1. The highest BCUT2D eigenvalue weighted by molar-refractivity contribution is 7.98. The Morgan fingerprint density at radius 3 is 2.49 bits per heavy atom. The van der Waals surface area contributed by atoms with Gasteiger partial charge >= 0.3 is 5.97 Å². The lowest BCUT2D eigenvalue weighted by Crippen LogP contribution is -2.40. The zero-order valence-corrected chi connectivity index (χ0v) is 26.2. The molecule has 0 radical (unpaired) electrons. The summed E-state index contributed by atoms with van der Waals surface area (Å²) in [7, 11) is 0. The number of carbonyl (C=O) groups excluding carboxylic acids is 1. The smallest absolute Gasteiger partial charge is 0.338 e. The number of thiazole rings is 1. The fourth-order valence-corrected chi connectivity index (χ4v) is 6.57. The largest absolute Gasteiger partial charge is 0.489 e. The number of hydrogen-bond acceptors (Lipinski definition) is 7. The molecule has 0 saturated heterocycles. The molecule has 6 rings (SSSR count). The van der Waals surface area contributed by atoms with Crippen molar-refractivity contribution in [3.8, 4) is 5.75 Å². The zero-order chi connectivity index (χ0) is 31.3. The van der Waals surface area contributed by atoms with Gasteiger partial charge in [0.1, 0.15) is 18.2 Å². The van der Waals surface area contributed by atoms with E-state index in [4.69, 9.17) is 14.5 Å². The maximum absolute atomic E-state index is 14.2. The summed E-state index contributed by atoms with van der Waals surface area (Å²) >= 11 is 2.87. The Bertz CT molecular complexity index is 2070. The summed E-state index contributed by atoms with van der Waals surface area (Å²) in [5.41, 5.74) is 3.23. The minimum absolute atomic E-state index is 0.0759. The van der Waals surface area contributed by atoms with E-state index in [1.165, 1.54) is 17.4 Å². The number of rotatable bonds is 9. The summed E-state index contributed by atoms with van der Waals surface area (Å²) < 4.78 is 27.5. The van der Waals surface area contributed by atoms with Crippen molar-refractivity contribution in [1.29, 1.82) is 0 Å². The molecule has 0 aliphatic carbocycles. The fourth-order valence-electron chi connectivity index (χ4n) is 5.16. The summed E-state index contributed by atoms with van der Waals surface area (Å²) in [6, 6.07) is 30.3. The normalized spacial score (nSPS) is 14.6. The lowest BCUT2D eigenvalue weighted by Gasteiger charge is -2.26. The first-order valence-corrected chi connectivity index (χ1v) is 16.4. The predicted molar refractivity (Wildman–Crippen MR) is 176 cm³/mol. The molecule has 0 saturated carbocycles. The van der Waals surface area contributed by atoms with E-state index in [2.05, 4.69) is 0 Å². The molecule has 0 spiro atoms. The predicted octanol–water partition coefficient (Wildman–Crippen LogP) is 6.38. The number of carbonyl (C=O) groups is 1. The molecule has 0 unspecified atom stereocenters. The molecule has 1 aliphatic heterocycles. The van der Waals surface area contributed by atoms with E-state index < -0.39 is 12.0 Å². The molecule has 1 aromatic heterocycles. The maximum atomic E-state index is 14.2. The summed E-state index contributed by atoms with van der Waals surface area (Å²) in [5.74, 6) is -0.306. The number of thioether (sulfide) groups is 1. The molecule has 9 heteroatoms. The Kier molecular flexibility index (Phi) is 9.09. The van der Waals surface area contributed by atoms with Crippen LogP contribution in [0.5, 0.6) is 5.75 Å². The Morgan fingerprint density at radius 1 is 1.00 bits per heavy atom. The van der Waals surface area contributed by atoms with Gasteiger partial charge in [-0.1, -0.05) is 84.1 Å². The van der Waals surface area contributed by atoms with Gasteiger partial charge in [-0.15, -0.1) is 11.8 Å². The van der Waals surface area contributed by atoms with E-state index in [-0.39, 0.29) is 24.6 Å². The second-order valence-corrected chi connectivity index (χ2v) is 12.0. The number of benzene rings is 4. The average molecular weight is 637 g/mol. The van der Waals surface area contributed by atoms with Crippen LogP contribution in [0, 0.1) is 5.82 Å². The second kappa shape index (κ2) is 13.5. The SMILES string of the molecule is CCOC(=O)C1=C(c2ccccc2)N=c2s/c(=C\c3cccc(OCc4ccccc4F)c3)c(=O)n2[C@@H]1c1ccc(SC)cc1. The van der Waals surface area contributed by atoms with Crippen LogP contribution < -0.4 is 19.6 Å². The molecule has 45 heavy (non-hydrogen) atoms. The molecule has 5 aromatic rings. The van der Waals surface area contributed by atoms with Gasteiger partial charge in [0.15, 0.2) is 4.80 Å². The van der Waals surface area contributed by atoms with Gasteiger partial charge in [0, 0.05) is 16.0 Å². The van der Waals surface area contributed by atoms with E-state index in [1.54, 1.807) is 59.7 Å². The third-order valence-corrected chi connectivity index (χ3v) is 9.04. The molecule has 1 atom stereocenters. The lowest BCUT2D eigenvalue weighted by atomic mass is 9.93. The number of ether oxygens (including phenoxy) is 2. The van der Waals surface area contributed by atoms with Crippen molar-refractivity contribution in [3.63, 3.8) is 0 Å². The Labute approximate surface area is 267 Å². The monoisotopic (exact) mass is 636 g/mol. The quantitative estimate of drug-likeness (QED) is 0.139. The highest BCUT2D eigenvalue weighted by Gasteiger charge is 2.35.